The first-order chi connectivity index (χ1) is 17.4. The molecule has 6 heteroatoms. The van der Waals surface area contributed by atoms with Crippen molar-refractivity contribution in [3.8, 4) is 11.1 Å². The first kappa shape index (κ1) is 26.1. The van der Waals surface area contributed by atoms with E-state index >= 15 is 0 Å². The van der Waals surface area contributed by atoms with Crippen LogP contribution in [0.1, 0.15) is 62.7 Å². The van der Waals surface area contributed by atoms with E-state index in [-0.39, 0.29) is 30.0 Å². The van der Waals surface area contributed by atoms with Crippen LogP contribution in [-0.4, -0.2) is 43.1 Å². The zero-order valence-electron chi connectivity index (χ0n) is 21.1. The van der Waals surface area contributed by atoms with Crippen LogP contribution in [-0.2, 0) is 23.8 Å². The van der Waals surface area contributed by atoms with E-state index in [0.29, 0.717) is 30.9 Å². The Hall–Kier alpha value is -2.99. The molecule has 1 saturated heterocycles. The minimum Gasteiger partial charge on any atom is -0.463 e. The molecule has 6 nitrogen and oxygen atoms in total. The zero-order valence-corrected chi connectivity index (χ0v) is 21.1. The first-order valence-electron chi connectivity index (χ1n) is 13.1. The normalized spacial score (nSPS) is 25.6. The molecule has 2 aromatic rings. The molecule has 0 N–H and O–H groups in total. The summed E-state index contributed by atoms with van der Waals surface area (Å²) in [6.07, 6.45) is 4.71. The predicted molar refractivity (Wildman–Crippen MR) is 136 cm³/mol. The minimum atomic E-state index is -0.471. The van der Waals surface area contributed by atoms with Crippen molar-refractivity contribution in [3.63, 3.8) is 0 Å². The highest BCUT2D eigenvalue weighted by Crippen LogP contribution is 2.42. The number of benzene rings is 2. The molecule has 2 aromatic carbocycles. The van der Waals surface area contributed by atoms with Gasteiger partial charge < -0.3 is 19.0 Å². The molecule has 5 atom stereocenters. The van der Waals surface area contributed by atoms with Gasteiger partial charge in [0.1, 0.15) is 12.4 Å². The van der Waals surface area contributed by atoms with Crippen molar-refractivity contribution in [3.05, 3.63) is 60.2 Å². The Morgan fingerprint density at radius 1 is 1.03 bits per heavy atom. The van der Waals surface area contributed by atoms with E-state index < -0.39 is 12.1 Å². The second-order valence-electron chi connectivity index (χ2n) is 10.2. The van der Waals surface area contributed by atoms with E-state index in [1.54, 1.807) is 12.1 Å². The van der Waals surface area contributed by atoms with E-state index in [9.17, 15) is 14.4 Å². The van der Waals surface area contributed by atoms with E-state index in [1.807, 2.05) is 56.3 Å². The van der Waals surface area contributed by atoms with Gasteiger partial charge in [-0.3, -0.25) is 4.79 Å². The number of carbonyl (C=O) groups is 3. The SMILES string of the molecule is CC(C)OC(=O)CCC[C@@H]1CC[C@@H]2[C@@H](C=O)[C@H](OC(=O)c3ccc(-c4ccccc4)cc3)C[C@@H]2OC1. The molecule has 192 valence electrons. The maximum Gasteiger partial charge on any atom is 0.338 e. The lowest BCUT2D eigenvalue weighted by molar-refractivity contribution is -0.147. The van der Waals surface area contributed by atoms with Crippen LogP contribution >= 0.6 is 0 Å². The quantitative estimate of drug-likeness (QED) is 0.333. The molecule has 0 spiro atoms. The lowest BCUT2D eigenvalue weighted by atomic mass is 9.87. The molecule has 0 amide bonds. The van der Waals surface area contributed by atoms with E-state index in [0.717, 1.165) is 43.1 Å². The molecule has 0 bridgehead atoms. The van der Waals surface area contributed by atoms with Crippen LogP contribution in [0.3, 0.4) is 0 Å². The van der Waals surface area contributed by atoms with Crippen LogP contribution < -0.4 is 0 Å². The summed E-state index contributed by atoms with van der Waals surface area (Å²) in [5.41, 5.74) is 2.59. The highest BCUT2D eigenvalue weighted by molar-refractivity contribution is 5.90. The van der Waals surface area contributed by atoms with Gasteiger partial charge in [-0.1, -0.05) is 42.5 Å². The molecular weight excluding hydrogens is 456 g/mol. The zero-order chi connectivity index (χ0) is 25.5. The van der Waals surface area contributed by atoms with Crippen molar-refractivity contribution in [1.82, 2.24) is 0 Å². The summed E-state index contributed by atoms with van der Waals surface area (Å²) < 4.78 is 17.2. The number of ether oxygens (including phenoxy) is 3. The third kappa shape index (κ3) is 6.61. The van der Waals surface area contributed by atoms with Gasteiger partial charge in [-0.05, 0) is 74.6 Å². The number of esters is 2. The van der Waals surface area contributed by atoms with Gasteiger partial charge in [0.15, 0.2) is 0 Å². The maximum absolute atomic E-state index is 12.9. The summed E-state index contributed by atoms with van der Waals surface area (Å²) in [6, 6.07) is 17.3. The molecule has 2 aliphatic rings. The second-order valence-corrected chi connectivity index (χ2v) is 10.2. The van der Waals surface area contributed by atoms with Crippen LogP contribution in [0.5, 0.6) is 0 Å². The largest absolute Gasteiger partial charge is 0.463 e. The molecule has 0 unspecified atom stereocenters. The third-order valence-corrected chi connectivity index (χ3v) is 7.32. The highest BCUT2D eigenvalue weighted by atomic mass is 16.6. The fourth-order valence-corrected chi connectivity index (χ4v) is 5.46. The van der Waals surface area contributed by atoms with Crippen molar-refractivity contribution in [2.45, 2.75) is 70.7 Å². The molecular formula is C30H36O6. The van der Waals surface area contributed by atoms with Crippen LogP contribution in [0, 0.1) is 17.8 Å². The number of hydrogen-bond acceptors (Lipinski definition) is 6. The van der Waals surface area contributed by atoms with Gasteiger partial charge in [-0.25, -0.2) is 4.79 Å². The Kier molecular flexibility index (Phi) is 8.92. The third-order valence-electron chi connectivity index (χ3n) is 7.32. The van der Waals surface area contributed by atoms with E-state index in [2.05, 4.69) is 0 Å². The number of aldehydes is 1. The summed E-state index contributed by atoms with van der Waals surface area (Å²) in [6.45, 7) is 4.31. The van der Waals surface area contributed by atoms with E-state index in [1.165, 1.54) is 0 Å². The molecule has 0 aromatic heterocycles. The van der Waals surface area contributed by atoms with Crippen LogP contribution in [0.25, 0.3) is 11.1 Å². The lowest BCUT2D eigenvalue weighted by Gasteiger charge is -2.20. The summed E-state index contributed by atoms with van der Waals surface area (Å²) in [5, 5.41) is 0. The Morgan fingerprint density at radius 2 is 1.75 bits per heavy atom. The van der Waals surface area contributed by atoms with E-state index in [4.69, 9.17) is 14.2 Å². The van der Waals surface area contributed by atoms with Crippen LogP contribution in [0.4, 0.5) is 0 Å². The monoisotopic (exact) mass is 492 g/mol. The average Bonchev–Trinajstić information content (AvgIpc) is 3.08. The first-order valence-corrected chi connectivity index (χ1v) is 13.1. The molecule has 1 saturated carbocycles. The van der Waals surface area contributed by atoms with Crippen molar-refractivity contribution >= 4 is 18.2 Å². The molecule has 1 aliphatic heterocycles. The number of carbonyl (C=O) groups excluding carboxylic acids is 3. The summed E-state index contributed by atoms with van der Waals surface area (Å²) >= 11 is 0. The molecule has 2 fully saturated rings. The van der Waals surface area contributed by atoms with Gasteiger partial charge in [0.05, 0.1) is 23.7 Å². The topological polar surface area (TPSA) is 78.9 Å². The van der Waals surface area contributed by atoms with Crippen LogP contribution in [0.15, 0.2) is 54.6 Å². The lowest BCUT2D eigenvalue weighted by Crippen LogP contribution is -2.27. The van der Waals surface area contributed by atoms with Crippen molar-refractivity contribution < 1.29 is 28.6 Å². The summed E-state index contributed by atoms with van der Waals surface area (Å²) in [4.78, 5) is 36.7. The smallest absolute Gasteiger partial charge is 0.338 e. The minimum absolute atomic E-state index is 0.0525. The van der Waals surface area contributed by atoms with Crippen molar-refractivity contribution in [2.24, 2.45) is 17.8 Å². The van der Waals surface area contributed by atoms with Gasteiger partial charge in [0, 0.05) is 19.4 Å². The van der Waals surface area contributed by atoms with Gasteiger partial charge in [-0.15, -0.1) is 0 Å². The molecule has 36 heavy (non-hydrogen) atoms. The Balaban J connectivity index is 1.29. The average molecular weight is 493 g/mol. The molecule has 1 heterocycles. The maximum atomic E-state index is 12.9. The Morgan fingerprint density at radius 3 is 2.44 bits per heavy atom. The number of rotatable bonds is 9. The van der Waals surface area contributed by atoms with Gasteiger partial charge >= 0.3 is 11.9 Å². The van der Waals surface area contributed by atoms with Crippen molar-refractivity contribution in [1.29, 1.82) is 0 Å². The molecule has 4 rings (SSSR count). The fourth-order valence-electron chi connectivity index (χ4n) is 5.46. The number of fused-ring (bicyclic) bond motifs is 1. The molecule has 0 radical (unpaired) electrons. The fraction of sp³-hybridized carbons (Fsp3) is 0.500. The van der Waals surface area contributed by atoms with Gasteiger partial charge in [0.25, 0.3) is 0 Å². The standard InChI is InChI=1S/C30H36O6/c1-20(2)35-29(32)10-6-7-21-11-16-25-26(18-31)28(17-27(25)34-19-21)36-30(33)24-14-12-23(13-15-24)22-8-4-3-5-9-22/h3-5,8-9,12-15,18,20-21,25-28H,6-7,10-11,16-17,19H2,1-2H3/t21-,25-,26-,27+,28-/m1/s1. The molecule has 1 aliphatic carbocycles. The summed E-state index contributed by atoms with van der Waals surface area (Å²) in [7, 11) is 0. The van der Waals surface area contributed by atoms with Crippen LogP contribution in [0.2, 0.25) is 0 Å². The second kappa shape index (κ2) is 12.3. The van der Waals surface area contributed by atoms with Gasteiger partial charge in [0.2, 0.25) is 0 Å². The Labute approximate surface area is 213 Å². The highest BCUT2D eigenvalue weighted by Gasteiger charge is 2.47. The van der Waals surface area contributed by atoms with Gasteiger partial charge in [-0.2, -0.15) is 0 Å². The summed E-state index contributed by atoms with van der Waals surface area (Å²) in [5.74, 6) is -0.510. The number of hydrogen-bond donors (Lipinski definition) is 0. The predicted octanol–water partition coefficient (Wildman–Crippen LogP) is 5.63. The Bertz CT molecular complexity index is 1020. The van der Waals surface area contributed by atoms with Crippen molar-refractivity contribution in [2.75, 3.05) is 6.61 Å².